The van der Waals surface area contributed by atoms with Gasteiger partial charge in [0.1, 0.15) is 5.75 Å². The van der Waals surface area contributed by atoms with Gasteiger partial charge in [-0.2, -0.15) is 0 Å². The Morgan fingerprint density at radius 2 is 1.72 bits per heavy atom. The molecule has 5 nitrogen and oxygen atoms in total. The molecule has 25 heavy (non-hydrogen) atoms. The summed E-state index contributed by atoms with van der Waals surface area (Å²) in [6.07, 6.45) is 3.43. The van der Waals surface area contributed by atoms with Crippen LogP contribution in [0.15, 0.2) is 67.0 Å². The number of hydrogen-bond donors (Lipinski definition) is 4. The van der Waals surface area contributed by atoms with Crippen molar-refractivity contribution in [3.8, 4) is 16.9 Å². The van der Waals surface area contributed by atoms with Crippen LogP contribution in [0.25, 0.3) is 11.1 Å². The first-order valence-corrected chi connectivity index (χ1v) is 7.84. The monoisotopic (exact) mass is 333 g/mol. The van der Waals surface area contributed by atoms with Crippen molar-refractivity contribution in [1.29, 1.82) is 0 Å². The van der Waals surface area contributed by atoms with Gasteiger partial charge in [0.15, 0.2) is 5.78 Å². The summed E-state index contributed by atoms with van der Waals surface area (Å²) in [6.45, 7) is 1.87. The van der Waals surface area contributed by atoms with E-state index < -0.39 is 0 Å². The van der Waals surface area contributed by atoms with Gasteiger partial charge in [-0.25, -0.2) is 0 Å². The maximum Gasteiger partial charge on any atom is 0.194 e. The molecule has 0 fully saturated rings. The number of carbonyl (C=O) groups is 1. The van der Waals surface area contributed by atoms with E-state index in [0.717, 1.165) is 16.7 Å². The van der Waals surface area contributed by atoms with Gasteiger partial charge in [-0.15, -0.1) is 0 Å². The van der Waals surface area contributed by atoms with Crippen molar-refractivity contribution in [3.05, 3.63) is 83.7 Å². The third-order valence-electron chi connectivity index (χ3n) is 3.90. The average molecular weight is 333 g/mol. The van der Waals surface area contributed by atoms with Crippen LogP contribution in [0.4, 0.5) is 5.69 Å². The Bertz CT molecular complexity index is 968. The number of carbonyl (C=O) groups excluding carboxylic acids is 1. The van der Waals surface area contributed by atoms with E-state index in [2.05, 4.69) is 10.2 Å². The second-order valence-electron chi connectivity index (χ2n) is 5.78. The zero-order valence-electron chi connectivity index (χ0n) is 13.8. The molecular weight excluding hydrogens is 314 g/mol. The molecule has 0 unspecified atom stereocenters. The summed E-state index contributed by atoms with van der Waals surface area (Å²) in [5.74, 6) is -0.113. The minimum absolute atomic E-state index is 0.0605. The summed E-state index contributed by atoms with van der Waals surface area (Å²) in [5.41, 5.74) is 10.1. The highest BCUT2D eigenvalue weighted by molar-refractivity contribution is 6.09. The lowest BCUT2D eigenvalue weighted by atomic mass is 9.99. The highest BCUT2D eigenvalue weighted by Gasteiger charge is 2.12. The molecule has 0 bridgehead atoms. The summed E-state index contributed by atoms with van der Waals surface area (Å²) >= 11 is 0. The van der Waals surface area contributed by atoms with Gasteiger partial charge in [0, 0.05) is 29.2 Å². The number of aryl methyl sites for hydroxylation is 1. The fraction of sp³-hybridized carbons (Fsp3) is 0.0500. The topological polar surface area (TPSA) is 94.9 Å². The number of nitrogens with one attached hydrogen (secondary N) is 2. The number of ketones is 1. The first-order chi connectivity index (χ1) is 12.0. The number of nitrogens with two attached hydrogens (primary N) is 1. The Morgan fingerprint density at radius 1 is 0.960 bits per heavy atom. The standard InChI is InChI=1S/C20H19N3O2/c1-13-8-16(14-4-2-6-17(21)9-14)11-22-23-12-19(13)20(25)15-5-3-7-18(24)10-15/h2-12,22-24H,21H2,1H3. The van der Waals surface area contributed by atoms with Gasteiger partial charge in [-0.1, -0.05) is 24.3 Å². The van der Waals surface area contributed by atoms with Gasteiger partial charge in [0.25, 0.3) is 0 Å². The molecule has 0 aliphatic rings. The molecule has 3 rings (SSSR count). The normalized spacial score (nSPS) is 10.3. The summed E-state index contributed by atoms with van der Waals surface area (Å²) in [7, 11) is 0. The van der Waals surface area contributed by atoms with Gasteiger partial charge >= 0.3 is 0 Å². The second kappa shape index (κ2) is 6.97. The van der Waals surface area contributed by atoms with Crippen molar-refractivity contribution < 1.29 is 9.90 Å². The van der Waals surface area contributed by atoms with E-state index in [4.69, 9.17) is 5.73 Å². The van der Waals surface area contributed by atoms with Crippen LogP contribution in [0.2, 0.25) is 0 Å². The maximum absolute atomic E-state index is 12.8. The van der Waals surface area contributed by atoms with E-state index in [-0.39, 0.29) is 11.5 Å². The summed E-state index contributed by atoms with van der Waals surface area (Å²) < 4.78 is 0. The van der Waals surface area contributed by atoms with E-state index in [9.17, 15) is 9.90 Å². The molecule has 3 aromatic rings. The van der Waals surface area contributed by atoms with Gasteiger partial charge in [-0.05, 0) is 53.9 Å². The van der Waals surface area contributed by atoms with Crippen molar-refractivity contribution >= 4 is 11.5 Å². The first-order valence-electron chi connectivity index (χ1n) is 7.84. The zero-order chi connectivity index (χ0) is 17.8. The van der Waals surface area contributed by atoms with Crippen molar-refractivity contribution in [3.63, 3.8) is 0 Å². The van der Waals surface area contributed by atoms with Crippen LogP contribution in [0, 0.1) is 6.92 Å². The van der Waals surface area contributed by atoms with Crippen LogP contribution < -0.4 is 5.73 Å². The maximum atomic E-state index is 12.8. The number of nitrogen functional groups attached to an aromatic ring is 1. The van der Waals surface area contributed by atoms with E-state index in [1.54, 1.807) is 18.3 Å². The Morgan fingerprint density at radius 3 is 2.48 bits per heavy atom. The van der Waals surface area contributed by atoms with E-state index in [0.29, 0.717) is 16.8 Å². The van der Waals surface area contributed by atoms with Gasteiger partial charge in [-0.3, -0.25) is 4.79 Å². The van der Waals surface area contributed by atoms with E-state index in [1.807, 2.05) is 43.5 Å². The van der Waals surface area contributed by atoms with Crippen molar-refractivity contribution in [2.24, 2.45) is 0 Å². The van der Waals surface area contributed by atoms with Crippen LogP contribution in [-0.4, -0.2) is 21.1 Å². The number of phenolic OH excluding ortho intramolecular Hbond substituents is 1. The Labute approximate surface area is 145 Å². The molecule has 0 aliphatic carbocycles. The van der Waals surface area contributed by atoms with E-state index in [1.165, 1.54) is 12.1 Å². The molecule has 5 heteroatoms. The number of rotatable bonds is 3. The molecule has 126 valence electrons. The molecule has 2 aromatic carbocycles. The minimum atomic E-state index is -0.173. The Balaban J connectivity index is 2.10. The van der Waals surface area contributed by atoms with Crippen molar-refractivity contribution in [2.45, 2.75) is 6.92 Å². The van der Waals surface area contributed by atoms with Crippen LogP contribution in [-0.2, 0) is 0 Å². The molecule has 0 amide bonds. The van der Waals surface area contributed by atoms with Crippen molar-refractivity contribution in [1.82, 2.24) is 10.2 Å². The summed E-state index contributed by atoms with van der Waals surface area (Å²) in [5, 5.41) is 15.5. The fourth-order valence-electron chi connectivity index (χ4n) is 2.63. The lowest BCUT2D eigenvalue weighted by molar-refractivity contribution is 0.103. The van der Waals surface area contributed by atoms with E-state index >= 15 is 0 Å². The number of phenols is 1. The molecule has 0 atom stereocenters. The Hall–Kier alpha value is -3.47. The SMILES string of the molecule is Cc1cc(-c2cccc(N)c2)c[nH][nH]cc1C(=O)c1cccc(O)c1. The second-order valence-corrected chi connectivity index (χ2v) is 5.78. The zero-order valence-corrected chi connectivity index (χ0v) is 13.8. The molecule has 0 radical (unpaired) electrons. The number of benzene rings is 2. The van der Waals surface area contributed by atoms with Gasteiger partial charge in [0.2, 0.25) is 0 Å². The summed E-state index contributed by atoms with van der Waals surface area (Å²) in [6, 6.07) is 15.8. The molecule has 5 N–H and O–H groups in total. The van der Waals surface area contributed by atoms with Crippen LogP contribution >= 0.6 is 0 Å². The lowest BCUT2D eigenvalue weighted by Gasteiger charge is -2.07. The fourth-order valence-corrected chi connectivity index (χ4v) is 2.63. The van der Waals surface area contributed by atoms with Gasteiger partial charge in [0.05, 0.1) is 0 Å². The van der Waals surface area contributed by atoms with Crippen LogP contribution in [0.3, 0.4) is 0 Å². The number of anilines is 1. The average Bonchev–Trinajstić information content (AvgIpc) is 2.58. The quantitative estimate of drug-likeness (QED) is 0.431. The van der Waals surface area contributed by atoms with Crippen LogP contribution in [0.1, 0.15) is 21.5 Å². The molecule has 0 saturated heterocycles. The predicted octanol–water partition coefficient (Wildman–Crippen LogP) is 3.96. The highest BCUT2D eigenvalue weighted by Crippen LogP contribution is 2.22. The third-order valence-corrected chi connectivity index (χ3v) is 3.90. The molecular formula is C20H19N3O2. The smallest absolute Gasteiger partial charge is 0.194 e. The summed E-state index contributed by atoms with van der Waals surface area (Å²) in [4.78, 5) is 12.8. The number of H-pyrrole nitrogens is 2. The third kappa shape index (κ3) is 3.72. The lowest BCUT2D eigenvalue weighted by Crippen LogP contribution is -2.03. The number of aromatic amines is 2. The molecule has 0 saturated carbocycles. The number of aromatic nitrogens is 2. The largest absolute Gasteiger partial charge is 0.508 e. The molecule has 0 aliphatic heterocycles. The Kier molecular flexibility index (Phi) is 4.57. The van der Waals surface area contributed by atoms with Crippen LogP contribution in [0.5, 0.6) is 5.75 Å². The number of aromatic hydroxyl groups is 1. The predicted molar refractivity (Wildman–Crippen MR) is 98.9 cm³/mol. The minimum Gasteiger partial charge on any atom is -0.508 e. The first kappa shape index (κ1) is 16.4. The highest BCUT2D eigenvalue weighted by atomic mass is 16.3. The molecule has 1 aromatic heterocycles. The molecule has 0 spiro atoms. The van der Waals surface area contributed by atoms with Crippen molar-refractivity contribution in [2.75, 3.05) is 5.73 Å². The molecule has 1 heterocycles. The van der Waals surface area contributed by atoms with Gasteiger partial charge < -0.3 is 21.0 Å². The number of hydrogen-bond acceptors (Lipinski definition) is 3.